The van der Waals surface area contributed by atoms with Gasteiger partial charge in [0, 0.05) is 43.9 Å². The van der Waals surface area contributed by atoms with Crippen molar-refractivity contribution >= 4 is 17.1 Å². The van der Waals surface area contributed by atoms with Crippen molar-refractivity contribution < 1.29 is 13.3 Å². The predicted octanol–water partition coefficient (Wildman–Crippen LogP) is 3.05. The minimum Gasteiger partial charge on any atom is -0.379 e. The Morgan fingerprint density at radius 2 is 1.94 bits per heavy atom. The van der Waals surface area contributed by atoms with Crippen LogP contribution in [0.3, 0.4) is 0 Å². The van der Waals surface area contributed by atoms with E-state index in [1.54, 1.807) is 12.1 Å². The molecule has 0 N–H and O–H groups in total. The largest absolute Gasteiger partial charge is 0.379 e. The molecule has 3 heterocycles. The third kappa shape index (κ3) is 4.34. The number of piperidine rings is 1. The molecule has 2 saturated heterocycles. The van der Waals surface area contributed by atoms with Crippen LogP contribution in [0.5, 0.6) is 0 Å². The molecule has 0 amide bonds. The maximum absolute atomic E-state index is 13.5. The monoisotopic (exact) mass is 470 g/mol. The van der Waals surface area contributed by atoms with Crippen LogP contribution in [0.1, 0.15) is 30.5 Å². The Hall–Kier alpha value is -1.87. The molecule has 6 rings (SSSR count). The van der Waals surface area contributed by atoms with E-state index in [0.717, 1.165) is 75.9 Å². The highest BCUT2D eigenvalue weighted by Crippen LogP contribution is 2.45. The zero-order valence-electron chi connectivity index (χ0n) is 18.9. The van der Waals surface area contributed by atoms with E-state index >= 15 is 0 Å². The van der Waals surface area contributed by atoms with Crippen molar-refractivity contribution in [2.24, 2.45) is 11.3 Å². The Bertz CT molecular complexity index is 1070. The summed E-state index contributed by atoms with van der Waals surface area (Å²) in [5.41, 5.74) is 4.56. The van der Waals surface area contributed by atoms with Gasteiger partial charge in [-0.15, -0.1) is 0 Å². The topological polar surface area (TPSA) is 50.6 Å². The summed E-state index contributed by atoms with van der Waals surface area (Å²) in [6.07, 6.45) is 8.56. The molecule has 0 bridgehead atoms. The molecular weight excluding hydrogens is 439 g/mol. The lowest BCUT2D eigenvalue weighted by molar-refractivity contribution is 0.0156. The molecule has 6 nitrogen and oxygen atoms in total. The minimum absolute atomic E-state index is 0.0571. The van der Waals surface area contributed by atoms with Gasteiger partial charge in [-0.25, -0.2) is 17.6 Å². The molecule has 2 aliphatic carbocycles. The second-order valence-electron chi connectivity index (χ2n) is 10.0. The molecule has 0 radical (unpaired) electrons. The van der Waals surface area contributed by atoms with E-state index in [9.17, 15) is 8.60 Å². The number of hydrogen-bond acceptors (Lipinski definition) is 4. The van der Waals surface area contributed by atoms with E-state index in [4.69, 9.17) is 4.74 Å². The lowest BCUT2D eigenvalue weighted by Crippen LogP contribution is -2.54. The van der Waals surface area contributed by atoms with Gasteiger partial charge in [-0.2, -0.15) is 5.10 Å². The third-order valence-electron chi connectivity index (χ3n) is 7.58. The Morgan fingerprint density at radius 1 is 1.15 bits per heavy atom. The minimum atomic E-state index is -0.900. The van der Waals surface area contributed by atoms with Crippen LogP contribution in [0, 0.1) is 17.2 Å². The summed E-state index contributed by atoms with van der Waals surface area (Å²) in [6.45, 7) is 6.08. The van der Waals surface area contributed by atoms with Crippen LogP contribution in [0.15, 0.2) is 36.0 Å². The lowest BCUT2D eigenvalue weighted by Gasteiger charge is -2.48. The highest BCUT2D eigenvalue weighted by Gasteiger charge is 2.45. The summed E-state index contributed by atoms with van der Waals surface area (Å²) in [5, 5.41) is 4.68. The van der Waals surface area contributed by atoms with Crippen molar-refractivity contribution in [2.75, 3.05) is 51.7 Å². The molecular formula is C25H31FN4O2S. The standard InChI is InChI=1S/C25H31FN4O2S/c26-22-3-5-23(6-4-22)30-24-13-21-7-8-29(33(31)16-19-1-2-19)18-25(21,14-20(24)15-27-30)17-28-9-11-32-12-10-28/h3-6,13,15,19H,1-2,7-12,14,16-18H2/t25-,33?/m0/s1. The Balaban J connectivity index is 1.33. The van der Waals surface area contributed by atoms with Gasteiger partial charge in [0.25, 0.3) is 0 Å². The zero-order valence-corrected chi connectivity index (χ0v) is 19.7. The fourth-order valence-corrected chi connectivity index (χ4v) is 7.22. The number of halogens is 1. The molecule has 176 valence electrons. The SMILES string of the molecule is O=S(CC1CC1)N1CCC2=Cc3c(cnn3-c3ccc(F)cc3)C[C@]2(CN2CCOCC2)C1. The number of fused-ring (bicyclic) bond motifs is 2. The average Bonchev–Trinajstić information content (AvgIpc) is 3.55. The van der Waals surface area contributed by atoms with Crippen LogP contribution >= 0.6 is 0 Å². The van der Waals surface area contributed by atoms with Crippen molar-refractivity contribution in [1.82, 2.24) is 19.0 Å². The summed E-state index contributed by atoms with van der Waals surface area (Å²) in [6, 6.07) is 6.52. The van der Waals surface area contributed by atoms with E-state index in [0.29, 0.717) is 5.92 Å². The molecule has 1 saturated carbocycles. The second-order valence-corrected chi connectivity index (χ2v) is 11.5. The van der Waals surface area contributed by atoms with Gasteiger partial charge in [-0.3, -0.25) is 4.90 Å². The molecule has 2 atom stereocenters. The van der Waals surface area contributed by atoms with Crippen molar-refractivity contribution in [3.8, 4) is 5.69 Å². The number of nitrogens with zero attached hydrogens (tertiary/aromatic N) is 4. The molecule has 1 aromatic carbocycles. The first-order chi connectivity index (χ1) is 16.1. The van der Waals surface area contributed by atoms with Gasteiger partial charge >= 0.3 is 0 Å². The number of hydrogen-bond donors (Lipinski definition) is 0. The van der Waals surface area contributed by atoms with Gasteiger partial charge in [0.05, 0.1) is 41.8 Å². The smallest absolute Gasteiger partial charge is 0.123 e. The molecule has 8 heteroatoms. The highest BCUT2D eigenvalue weighted by atomic mass is 32.2. The van der Waals surface area contributed by atoms with Gasteiger partial charge in [0.1, 0.15) is 5.82 Å². The Morgan fingerprint density at radius 3 is 2.70 bits per heavy atom. The number of aromatic nitrogens is 2. The number of ether oxygens (including phenoxy) is 1. The Labute approximate surface area is 197 Å². The van der Waals surface area contributed by atoms with Crippen molar-refractivity contribution in [3.63, 3.8) is 0 Å². The first-order valence-electron chi connectivity index (χ1n) is 12.1. The molecule has 3 fully saturated rings. The number of rotatable bonds is 6. The van der Waals surface area contributed by atoms with Crippen LogP contribution in [0.2, 0.25) is 0 Å². The average molecular weight is 471 g/mol. The van der Waals surface area contributed by atoms with Crippen LogP contribution in [0.25, 0.3) is 11.8 Å². The van der Waals surface area contributed by atoms with Gasteiger partial charge in [-0.05, 0) is 67.5 Å². The first kappa shape index (κ1) is 21.6. The number of morpholine rings is 1. The normalized spacial score (nSPS) is 27.0. The van der Waals surface area contributed by atoms with E-state index in [1.807, 2.05) is 10.9 Å². The van der Waals surface area contributed by atoms with Crippen LogP contribution in [0.4, 0.5) is 4.39 Å². The van der Waals surface area contributed by atoms with Crippen molar-refractivity contribution in [2.45, 2.75) is 25.7 Å². The van der Waals surface area contributed by atoms with E-state index in [-0.39, 0.29) is 11.2 Å². The van der Waals surface area contributed by atoms with Crippen LogP contribution < -0.4 is 0 Å². The van der Waals surface area contributed by atoms with E-state index in [1.165, 1.54) is 36.1 Å². The van der Waals surface area contributed by atoms with E-state index < -0.39 is 11.0 Å². The maximum Gasteiger partial charge on any atom is 0.123 e. The fraction of sp³-hybridized carbons (Fsp3) is 0.560. The molecule has 2 aliphatic heterocycles. The summed E-state index contributed by atoms with van der Waals surface area (Å²) in [7, 11) is -0.900. The van der Waals surface area contributed by atoms with E-state index in [2.05, 4.69) is 20.4 Å². The Kier molecular flexibility index (Phi) is 5.72. The number of benzene rings is 1. The first-order valence-corrected chi connectivity index (χ1v) is 13.3. The zero-order chi connectivity index (χ0) is 22.4. The third-order valence-corrected chi connectivity index (χ3v) is 9.23. The second kappa shape index (κ2) is 8.73. The van der Waals surface area contributed by atoms with Gasteiger partial charge < -0.3 is 4.74 Å². The molecule has 0 spiro atoms. The summed E-state index contributed by atoms with van der Waals surface area (Å²) < 4.78 is 36.4. The maximum atomic E-state index is 13.5. The summed E-state index contributed by atoms with van der Waals surface area (Å²) in [5.74, 6) is 1.24. The van der Waals surface area contributed by atoms with Crippen LogP contribution in [-0.4, -0.2) is 74.9 Å². The van der Waals surface area contributed by atoms with Gasteiger partial charge in [0.15, 0.2) is 0 Å². The molecule has 33 heavy (non-hydrogen) atoms. The van der Waals surface area contributed by atoms with Gasteiger partial charge in [0.2, 0.25) is 0 Å². The molecule has 1 aromatic heterocycles. The van der Waals surface area contributed by atoms with Crippen LogP contribution in [-0.2, 0) is 22.1 Å². The lowest BCUT2D eigenvalue weighted by atomic mass is 9.68. The molecule has 2 aromatic rings. The highest BCUT2D eigenvalue weighted by molar-refractivity contribution is 7.82. The summed E-state index contributed by atoms with van der Waals surface area (Å²) >= 11 is 0. The summed E-state index contributed by atoms with van der Waals surface area (Å²) in [4.78, 5) is 2.51. The quantitative estimate of drug-likeness (QED) is 0.651. The molecule has 1 unspecified atom stereocenters. The van der Waals surface area contributed by atoms with Gasteiger partial charge in [-0.1, -0.05) is 5.57 Å². The predicted molar refractivity (Wildman–Crippen MR) is 127 cm³/mol. The van der Waals surface area contributed by atoms with Crippen molar-refractivity contribution in [1.29, 1.82) is 0 Å². The fourth-order valence-electron chi connectivity index (χ4n) is 5.58. The van der Waals surface area contributed by atoms with Crippen molar-refractivity contribution in [3.05, 3.63) is 53.1 Å². The molecule has 4 aliphatic rings.